The summed E-state index contributed by atoms with van der Waals surface area (Å²) in [5, 5.41) is 6.15. The number of hydrogen-bond acceptors (Lipinski definition) is 6. The quantitative estimate of drug-likeness (QED) is 0.668. The Morgan fingerprint density at radius 2 is 2.11 bits per heavy atom. The number of sulfone groups is 1. The zero-order valence-electron chi connectivity index (χ0n) is 16.1. The van der Waals surface area contributed by atoms with E-state index in [9.17, 15) is 8.42 Å². The summed E-state index contributed by atoms with van der Waals surface area (Å²) in [5.41, 5.74) is 5.01. The van der Waals surface area contributed by atoms with Crippen molar-refractivity contribution in [3.05, 3.63) is 47.1 Å². The van der Waals surface area contributed by atoms with Crippen LogP contribution in [0.2, 0.25) is 0 Å². The predicted molar refractivity (Wildman–Crippen MR) is 114 cm³/mol. The van der Waals surface area contributed by atoms with Crippen LogP contribution in [0.15, 0.2) is 35.7 Å². The second-order valence-electron chi connectivity index (χ2n) is 7.11. The number of nitrogens with one attached hydrogen (secondary N) is 1. The molecular formula is C20H23N3O3S2. The van der Waals surface area contributed by atoms with Gasteiger partial charge in [-0.15, -0.1) is 11.3 Å². The third-order valence-electron chi connectivity index (χ3n) is 5.16. The normalized spacial score (nSPS) is 18.3. The highest BCUT2D eigenvalue weighted by atomic mass is 32.2. The fourth-order valence-electron chi connectivity index (χ4n) is 3.86. The number of thiazole rings is 1. The number of aryl methyl sites for hydroxylation is 1. The van der Waals surface area contributed by atoms with E-state index >= 15 is 0 Å². The van der Waals surface area contributed by atoms with Gasteiger partial charge < -0.3 is 14.6 Å². The molecular weight excluding hydrogens is 394 g/mol. The maximum Gasteiger partial charge on any atom is 0.187 e. The first-order valence-corrected chi connectivity index (χ1v) is 11.8. The fourth-order valence-corrected chi connectivity index (χ4v) is 6.29. The molecule has 0 unspecified atom stereocenters. The Labute approximate surface area is 169 Å². The van der Waals surface area contributed by atoms with Gasteiger partial charge >= 0.3 is 0 Å². The lowest BCUT2D eigenvalue weighted by molar-refractivity contribution is 0.415. The van der Waals surface area contributed by atoms with Gasteiger partial charge in [-0.3, -0.25) is 0 Å². The van der Waals surface area contributed by atoms with Crippen LogP contribution in [-0.2, 0) is 9.84 Å². The molecule has 0 spiro atoms. The number of hydrogen-bond donors (Lipinski definition) is 1. The summed E-state index contributed by atoms with van der Waals surface area (Å²) in [6.07, 6.45) is 0.678. The van der Waals surface area contributed by atoms with Gasteiger partial charge in [0.05, 0.1) is 24.3 Å². The van der Waals surface area contributed by atoms with E-state index in [4.69, 9.17) is 9.72 Å². The Balaban J connectivity index is 1.60. The van der Waals surface area contributed by atoms with E-state index in [0.29, 0.717) is 6.42 Å². The van der Waals surface area contributed by atoms with Crippen LogP contribution in [0, 0.1) is 13.8 Å². The summed E-state index contributed by atoms with van der Waals surface area (Å²) in [7, 11) is -1.28. The lowest BCUT2D eigenvalue weighted by Crippen LogP contribution is -2.13. The topological polar surface area (TPSA) is 73.2 Å². The predicted octanol–water partition coefficient (Wildman–Crippen LogP) is 4.34. The van der Waals surface area contributed by atoms with Gasteiger partial charge in [-0.05, 0) is 38.5 Å². The minimum Gasteiger partial charge on any atom is -0.497 e. The van der Waals surface area contributed by atoms with Crippen LogP contribution in [0.1, 0.15) is 23.9 Å². The Bertz CT molecular complexity index is 1120. The summed E-state index contributed by atoms with van der Waals surface area (Å²) in [6, 6.07) is 9.84. The molecule has 3 heterocycles. The van der Waals surface area contributed by atoms with Crippen LogP contribution in [0.25, 0.3) is 11.3 Å². The zero-order chi connectivity index (χ0) is 19.9. The third-order valence-corrected chi connectivity index (χ3v) is 7.67. The molecule has 0 saturated carbocycles. The first kappa shape index (κ1) is 19.0. The van der Waals surface area contributed by atoms with Crippen LogP contribution in [0.4, 0.5) is 10.8 Å². The summed E-state index contributed by atoms with van der Waals surface area (Å²) in [4.78, 5) is 4.74. The standard InChI is InChI=1S/C20H23N3O3S2/c1-13-9-18(14(2)23(13)16-7-8-28(24,25)12-16)19-11-27-20(22-19)21-15-5-4-6-17(10-15)26-3/h4-6,9-11,16H,7-8,12H2,1-3H3,(H,21,22)/t16-/m1/s1. The molecule has 0 bridgehead atoms. The monoisotopic (exact) mass is 417 g/mol. The van der Waals surface area contributed by atoms with E-state index < -0.39 is 9.84 Å². The molecule has 0 aliphatic carbocycles. The Morgan fingerprint density at radius 3 is 2.82 bits per heavy atom. The maximum atomic E-state index is 11.9. The molecule has 28 heavy (non-hydrogen) atoms. The van der Waals surface area contributed by atoms with Crippen LogP contribution in [0.3, 0.4) is 0 Å². The summed E-state index contributed by atoms with van der Waals surface area (Å²) in [5.74, 6) is 1.29. The molecule has 1 aromatic carbocycles. The van der Waals surface area contributed by atoms with Crippen molar-refractivity contribution in [1.29, 1.82) is 0 Å². The Kier molecular flexibility index (Phi) is 4.93. The number of ether oxygens (including phenoxy) is 1. The van der Waals surface area contributed by atoms with Crippen molar-refractivity contribution in [2.45, 2.75) is 26.3 Å². The molecule has 1 aliphatic rings. The summed E-state index contributed by atoms with van der Waals surface area (Å²) in [6.45, 7) is 4.07. The van der Waals surface area contributed by atoms with Crippen molar-refractivity contribution in [3.63, 3.8) is 0 Å². The molecule has 1 saturated heterocycles. The zero-order valence-corrected chi connectivity index (χ0v) is 17.7. The number of methoxy groups -OCH3 is 1. The van der Waals surface area contributed by atoms with Gasteiger partial charge in [0.2, 0.25) is 0 Å². The molecule has 1 atom stereocenters. The van der Waals surface area contributed by atoms with Crippen molar-refractivity contribution in [3.8, 4) is 17.0 Å². The van der Waals surface area contributed by atoms with E-state index in [1.807, 2.05) is 43.5 Å². The lowest BCUT2D eigenvalue weighted by atomic mass is 10.2. The molecule has 0 amide bonds. The van der Waals surface area contributed by atoms with Gasteiger partial charge in [0.1, 0.15) is 5.75 Å². The van der Waals surface area contributed by atoms with Crippen LogP contribution >= 0.6 is 11.3 Å². The van der Waals surface area contributed by atoms with Crippen molar-refractivity contribution < 1.29 is 13.2 Å². The highest BCUT2D eigenvalue weighted by molar-refractivity contribution is 7.91. The molecule has 1 aliphatic heterocycles. The number of nitrogens with zero attached hydrogens (tertiary/aromatic N) is 2. The Hall–Kier alpha value is -2.32. The molecule has 4 rings (SSSR count). The number of rotatable bonds is 5. The van der Waals surface area contributed by atoms with Crippen LogP contribution < -0.4 is 10.1 Å². The van der Waals surface area contributed by atoms with Crippen LogP contribution in [0.5, 0.6) is 5.75 Å². The summed E-state index contributed by atoms with van der Waals surface area (Å²) >= 11 is 1.54. The first-order chi connectivity index (χ1) is 13.4. The average Bonchev–Trinajstić information content (AvgIpc) is 3.33. The SMILES string of the molecule is COc1cccc(Nc2nc(-c3cc(C)n([C@@H]4CCS(=O)(=O)C4)c3C)cs2)c1. The largest absolute Gasteiger partial charge is 0.497 e. The fraction of sp³-hybridized carbons (Fsp3) is 0.350. The van der Waals surface area contributed by atoms with Gasteiger partial charge in [-0.25, -0.2) is 13.4 Å². The minimum atomic E-state index is -2.92. The van der Waals surface area contributed by atoms with E-state index in [2.05, 4.69) is 16.0 Å². The molecule has 1 N–H and O–H groups in total. The van der Waals surface area contributed by atoms with E-state index in [1.165, 1.54) is 0 Å². The molecule has 2 aromatic heterocycles. The van der Waals surface area contributed by atoms with Gasteiger partial charge in [0.25, 0.3) is 0 Å². The minimum absolute atomic E-state index is 0.0202. The smallest absolute Gasteiger partial charge is 0.187 e. The Morgan fingerprint density at radius 1 is 1.29 bits per heavy atom. The average molecular weight is 418 g/mol. The van der Waals surface area contributed by atoms with Crippen molar-refractivity contribution in [2.24, 2.45) is 0 Å². The second-order valence-corrected chi connectivity index (χ2v) is 10.2. The highest BCUT2D eigenvalue weighted by Crippen LogP contribution is 2.35. The second kappa shape index (κ2) is 7.25. The van der Waals surface area contributed by atoms with Crippen LogP contribution in [-0.4, -0.2) is 36.6 Å². The molecule has 1 fully saturated rings. The van der Waals surface area contributed by atoms with Gasteiger partial charge in [0, 0.05) is 40.1 Å². The van der Waals surface area contributed by atoms with E-state index in [1.54, 1.807) is 18.4 Å². The molecule has 6 nitrogen and oxygen atoms in total. The molecule has 0 radical (unpaired) electrons. The van der Waals surface area contributed by atoms with Crippen molar-refractivity contribution >= 4 is 32.0 Å². The third kappa shape index (κ3) is 3.66. The van der Waals surface area contributed by atoms with Gasteiger partial charge in [-0.1, -0.05) is 6.07 Å². The highest BCUT2D eigenvalue weighted by Gasteiger charge is 2.31. The molecule has 8 heteroatoms. The first-order valence-electron chi connectivity index (χ1n) is 9.12. The van der Waals surface area contributed by atoms with Crippen molar-refractivity contribution in [2.75, 3.05) is 23.9 Å². The molecule has 3 aromatic rings. The number of anilines is 2. The lowest BCUT2D eigenvalue weighted by Gasteiger charge is -2.16. The van der Waals surface area contributed by atoms with E-state index in [-0.39, 0.29) is 17.5 Å². The van der Waals surface area contributed by atoms with Crippen molar-refractivity contribution in [1.82, 2.24) is 9.55 Å². The molecule has 148 valence electrons. The maximum absolute atomic E-state index is 11.9. The van der Waals surface area contributed by atoms with E-state index in [0.717, 1.165) is 39.2 Å². The number of benzene rings is 1. The van der Waals surface area contributed by atoms with Gasteiger partial charge in [0.15, 0.2) is 15.0 Å². The number of aromatic nitrogens is 2. The van der Waals surface area contributed by atoms with Gasteiger partial charge in [-0.2, -0.15) is 0 Å². The summed E-state index contributed by atoms with van der Waals surface area (Å²) < 4.78 is 31.2.